The fraction of sp³-hybridized carbons (Fsp3) is 0.500. The highest BCUT2D eigenvalue weighted by atomic mass is 16.6. The lowest BCUT2D eigenvalue weighted by molar-refractivity contribution is -0.160. The van der Waals surface area contributed by atoms with Gasteiger partial charge in [0, 0.05) is 11.6 Å². The number of carbonyl (C=O) groups excluding carboxylic acids is 2. The maximum atomic E-state index is 12.0. The summed E-state index contributed by atoms with van der Waals surface area (Å²) < 4.78 is 5.32. The average molecular weight is 277 g/mol. The third-order valence-electron chi connectivity index (χ3n) is 2.92. The van der Waals surface area contributed by atoms with Crippen molar-refractivity contribution in [3.05, 3.63) is 35.9 Å². The molecule has 0 unspecified atom stereocenters. The second-order valence-corrected chi connectivity index (χ2v) is 5.95. The summed E-state index contributed by atoms with van der Waals surface area (Å²) in [6.07, 6.45) is 0. The molecule has 4 nitrogen and oxygen atoms in total. The standard InChI is InChI=1S/C16H23NO3/c1-11(15(19)20-16(3,4)5)12(2)17-14(18)13-9-7-6-8-10-13/h6-12H,1-5H3,(H,17,18)/t11-,12+/m0/s1. The summed E-state index contributed by atoms with van der Waals surface area (Å²) in [4.78, 5) is 23.9. The summed E-state index contributed by atoms with van der Waals surface area (Å²) in [6.45, 7) is 9.03. The molecule has 0 heterocycles. The third-order valence-corrected chi connectivity index (χ3v) is 2.92. The fourth-order valence-corrected chi connectivity index (χ4v) is 1.60. The van der Waals surface area contributed by atoms with Crippen molar-refractivity contribution < 1.29 is 14.3 Å². The largest absolute Gasteiger partial charge is 0.460 e. The zero-order valence-electron chi connectivity index (χ0n) is 12.8. The van der Waals surface area contributed by atoms with Crippen LogP contribution in [0.15, 0.2) is 30.3 Å². The Labute approximate surface area is 120 Å². The van der Waals surface area contributed by atoms with Gasteiger partial charge in [0.1, 0.15) is 5.60 Å². The summed E-state index contributed by atoms with van der Waals surface area (Å²) in [5, 5.41) is 2.82. The first-order valence-electron chi connectivity index (χ1n) is 6.79. The number of nitrogens with one attached hydrogen (secondary N) is 1. The molecule has 0 saturated heterocycles. The monoisotopic (exact) mass is 277 g/mol. The number of esters is 1. The van der Waals surface area contributed by atoms with Crippen LogP contribution < -0.4 is 5.32 Å². The lowest BCUT2D eigenvalue weighted by atomic mass is 10.0. The van der Waals surface area contributed by atoms with Gasteiger partial charge in [-0.3, -0.25) is 9.59 Å². The summed E-state index contributed by atoms with van der Waals surface area (Å²) in [6, 6.07) is 8.63. The normalized spacial score (nSPS) is 14.2. The van der Waals surface area contributed by atoms with Gasteiger partial charge in [0.25, 0.3) is 5.91 Å². The van der Waals surface area contributed by atoms with Crippen LogP contribution >= 0.6 is 0 Å². The van der Waals surface area contributed by atoms with E-state index >= 15 is 0 Å². The Bertz CT molecular complexity index is 462. The van der Waals surface area contributed by atoms with Crippen LogP contribution in [0.25, 0.3) is 0 Å². The molecule has 0 bridgehead atoms. The number of hydrogen-bond acceptors (Lipinski definition) is 3. The first-order valence-corrected chi connectivity index (χ1v) is 6.79. The van der Waals surface area contributed by atoms with E-state index in [2.05, 4.69) is 5.32 Å². The minimum absolute atomic E-state index is 0.187. The van der Waals surface area contributed by atoms with Crippen LogP contribution in [0.4, 0.5) is 0 Å². The Morgan fingerprint density at radius 3 is 2.15 bits per heavy atom. The second kappa shape index (κ2) is 6.55. The van der Waals surface area contributed by atoms with Crippen LogP contribution in [0.2, 0.25) is 0 Å². The number of amides is 1. The molecule has 1 amide bonds. The van der Waals surface area contributed by atoms with E-state index in [1.165, 1.54) is 0 Å². The van der Waals surface area contributed by atoms with Crippen LogP contribution in [-0.4, -0.2) is 23.5 Å². The predicted molar refractivity (Wildman–Crippen MR) is 78.4 cm³/mol. The quantitative estimate of drug-likeness (QED) is 0.861. The molecule has 4 heteroatoms. The van der Waals surface area contributed by atoms with Gasteiger partial charge in [-0.1, -0.05) is 18.2 Å². The van der Waals surface area contributed by atoms with Gasteiger partial charge in [0.05, 0.1) is 5.92 Å². The number of rotatable bonds is 4. The van der Waals surface area contributed by atoms with Crippen molar-refractivity contribution in [1.82, 2.24) is 5.32 Å². The smallest absolute Gasteiger partial charge is 0.311 e. The molecule has 0 saturated carbocycles. The molecule has 20 heavy (non-hydrogen) atoms. The van der Waals surface area contributed by atoms with Gasteiger partial charge in [-0.05, 0) is 46.8 Å². The average Bonchev–Trinajstić information content (AvgIpc) is 2.36. The van der Waals surface area contributed by atoms with E-state index in [1.54, 1.807) is 38.1 Å². The van der Waals surface area contributed by atoms with Gasteiger partial charge in [-0.2, -0.15) is 0 Å². The minimum Gasteiger partial charge on any atom is -0.460 e. The lowest BCUT2D eigenvalue weighted by Gasteiger charge is -2.25. The molecule has 1 rings (SSSR count). The predicted octanol–water partition coefficient (Wildman–Crippen LogP) is 2.78. The number of hydrogen-bond donors (Lipinski definition) is 1. The van der Waals surface area contributed by atoms with Gasteiger partial charge in [0.15, 0.2) is 0 Å². The van der Waals surface area contributed by atoms with Crippen LogP contribution in [-0.2, 0) is 9.53 Å². The van der Waals surface area contributed by atoms with Crippen LogP contribution in [0.3, 0.4) is 0 Å². The van der Waals surface area contributed by atoms with Crippen LogP contribution in [0, 0.1) is 5.92 Å². The summed E-state index contributed by atoms with van der Waals surface area (Å²) in [5.74, 6) is -0.895. The van der Waals surface area contributed by atoms with E-state index in [-0.39, 0.29) is 17.9 Å². The van der Waals surface area contributed by atoms with Crippen molar-refractivity contribution >= 4 is 11.9 Å². The molecule has 0 aliphatic heterocycles. The summed E-state index contributed by atoms with van der Waals surface area (Å²) >= 11 is 0. The Kier molecular flexibility index (Phi) is 5.31. The van der Waals surface area contributed by atoms with Crippen molar-refractivity contribution in [1.29, 1.82) is 0 Å². The summed E-state index contributed by atoms with van der Waals surface area (Å²) in [5.41, 5.74) is 0.0600. The highest BCUT2D eigenvalue weighted by Gasteiger charge is 2.27. The SMILES string of the molecule is C[C@H](C(=O)OC(C)(C)C)[C@@H](C)NC(=O)c1ccccc1. The van der Waals surface area contributed by atoms with E-state index < -0.39 is 11.5 Å². The van der Waals surface area contributed by atoms with E-state index in [1.807, 2.05) is 26.8 Å². The highest BCUT2D eigenvalue weighted by molar-refractivity contribution is 5.94. The first kappa shape index (κ1) is 16.2. The molecule has 110 valence electrons. The molecule has 2 atom stereocenters. The van der Waals surface area contributed by atoms with Gasteiger partial charge in [0.2, 0.25) is 0 Å². The number of benzene rings is 1. The molecule has 0 spiro atoms. The Morgan fingerprint density at radius 1 is 1.10 bits per heavy atom. The van der Waals surface area contributed by atoms with Gasteiger partial charge in [-0.25, -0.2) is 0 Å². The van der Waals surface area contributed by atoms with Crippen molar-refractivity contribution in [2.75, 3.05) is 0 Å². The molecular formula is C16H23NO3. The Hall–Kier alpha value is -1.84. The molecule has 0 radical (unpaired) electrons. The van der Waals surface area contributed by atoms with Crippen LogP contribution in [0.5, 0.6) is 0 Å². The van der Waals surface area contributed by atoms with E-state index in [4.69, 9.17) is 4.74 Å². The van der Waals surface area contributed by atoms with Crippen molar-refractivity contribution in [3.63, 3.8) is 0 Å². The topological polar surface area (TPSA) is 55.4 Å². The molecule has 1 N–H and O–H groups in total. The zero-order valence-corrected chi connectivity index (χ0v) is 12.8. The van der Waals surface area contributed by atoms with E-state index in [0.29, 0.717) is 5.56 Å². The van der Waals surface area contributed by atoms with Crippen molar-refractivity contribution in [2.45, 2.75) is 46.3 Å². The molecular weight excluding hydrogens is 254 g/mol. The minimum atomic E-state index is -0.519. The number of carbonyl (C=O) groups is 2. The third kappa shape index (κ3) is 5.03. The summed E-state index contributed by atoms with van der Waals surface area (Å²) in [7, 11) is 0. The first-order chi connectivity index (χ1) is 9.20. The Morgan fingerprint density at radius 2 is 1.65 bits per heavy atom. The zero-order chi connectivity index (χ0) is 15.3. The molecule has 0 fully saturated rings. The van der Waals surface area contributed by atoms with Crippen molar-refractivity contribution in [2.24, 2.45) is 5.92 Å². The molecule has 0 aromatic heterocycles. The fourth-order valence-electron chi connectivity index (χ4n) is 1.60. The number of ether oxygens (including phenoxy) is 1. The maximum absolute atomic E-state index is 12.0. The van der Waals surface area contributed by atoms with E-state index in [0.717, 1.165) is 0 Å². The second-order valence-electron chi connectivity index (χ2n) is 5.95. The van der Waals surface area contributed by atoms with Gasteiger partial charge < -0.3 is 10.1 Å². The van der Waals surface area contributed by atoms with Crippen LogP contribution in [0.1, 0.15) is 45.0 Å². The van der Waals surface area contributed by atoms with Crippen molar-refractivity contribution in [3.8, 4) is 0 Å². The molecule has 0 aliphatic rings. The van der Waals surface area contributed by atoms with E-state index in [9.17, 15) is 9.59 Å². The molecule has 0 aliphatic carbocycles. The highest BCUT2D eigenvalue weighted by Crippen LogP contribution is 2.14. The maximum Gasteiger partial charge on any atom is 0.311 e. The Balaban J connectivity index is 2.60. The molecule has 1 aromatic carbocycles. The van der Waals surface area contributed by atoms with Gasteiger partial charge in [-0.15, -0.1) is 0 Å². The molecule has 1 aromatic rings. The lowest BCUT2D eigenvalue weighted by Crippen LogP contribution is -2.42. The van der Waals surface area contributed by atoms with Gasteiger partial charge >= 0.3 is 5.97 Å².